The zero-order valence-electron chi connectivity index (χ0n) is 19.0. The Kier molecular flexibility index (Phi) is 6.40. The average Bonchev–Trinajstić information content (AvgIpc) is 3.53. The van der Waals surface area contributed by atoms with Gasteiger partial charge in [0.2, 0.25) is 5.91 Å². The van der Waals surface area contributed by atoms with Crippen LogP contribution < -0.4 is 10.6 Å². The fraction of sp³-hybridized carbons (Fsp3) is 0.423. The Labute approximate surface area is 193 Å². The lowest BCUT2D eigenvalue weighted by Crippen LogP contribution is -2.43. The Morgan fingerprint density at radius 2 is 1.58 bits per heavy atom. The predicted molar refractivity (Wildman–Crippen MR) is 124 cm³/mol. The van der Waals surface area contributed by atoms with Gasteiger partial charge in [-0.2, -0.15) is 0 Å². The molecule has 0 heterocycles. The SMILES string of the molecule is CC(C)C(CNC(=O)C1(CNC(=O)OCC2c3ccccc3-c3ccccc32)CC1)C(=O)O. The normalized spacial score (nSPS) is 16.5. The first-order valence-electron chi connectivity index (χ1n) is 11.4. The summed E-state index contributed by atoms with van der Waals surface area (Å²) in [5, 5.41) is 14.8. The van der Waals surface area contributed by atoms with Gasteiger partial charge in [0, 0.05) is 19.0 Å². The second-order valence-corrected chi connectivity index (χ2v) is 9.36. The maximum Gasteiger partial charge on any atom is 0.407 e. The molecule has 174 valence electrons. The van der Waals surface area contributed by atoms with Gasteiger partial charge in [0.25, 0.3) is 0 Å². The highest BCUT2D eigenvalue weighted by molar-refractivity contribution is 5.86. The van der Waals surface area contributed by atoms with Crippen molar-refractivity contribution in [3.8, 4) is 11.1 Å². The molecule has 0 saturated heterocycles. The topological polar surface area (TPSA) is 105 Å². The number of amides is 2. The second-order valence-electron chi connectivity index (χ2n) is 9.36. The molecule has 7 heteroatoms. The van der Waals surface area contributed by atoms with Crippen molar-refractivity contribution in [3.05, 3.63) is 59.7 Å². The van der Waals surface area contributed by atoms with E-state index in [4.69, 9.17) is 4.74 Å². The fourth-order valence-electron chi connectivity index (χ4n) is 4.52. The van der Waals surface area contributed by atoms with E-state index in [1.165, 1.54) is 0 Å². The monoisotopic (exact) mass is 450 g/mol. The second kappa shape index (κ2) is 9.25. The number of fused-ring (bicyclic) bond motifs is 3. The van der Waals surface area contributed by atoms with Crippen LogP contribution in [0.2, 0.25) is 0 Å². The lowest BCUT2D eigenvalue weighted by atomic mass is 9.95. The number of carboxylic acids is 1. The summed E-state index contributed by atoms with van der Waals surface area (Å²) in [7, 11) is 0. The Morgan fingerprint density at radius 1 is 1.00 bits per heavy atom. The number of ether oxygens (including phenoxy) is 1. The maximum absolute atomic E-state index is 12.6. The minimum Gasteiger partial charge on any atom is -0.481 e. The molecule has 4 rings (SSSR count). The van der Waals surface area contributed by atoms with Gasteiger partial charge < -0.3 is 20.5 Å². The number of hydrogen-bond donors (Lipinski definition) is 3. The summed E-state index contributed by atoms with van der Waals surface area (Å²) >= 11 is 0. The number of carbonyl (C=O) groups is 3. The van der Waals surface area contributed by atoms with E-state index in [2.05, 4.69) is 34.9 Å². The maximum atomic E-state index is 12.6. The van der Waals surface area contributed by atoms with Crippen molar-refractivity contribution in [3.63, 3.8) is 0 Å². The molecule has 1 atom stereocenters. The van der Waals surface area contributed by atoms with Crippen molar-refractivity contribution in [1.29, 1.82) is 0 Å². The minimum atomic E-state index is -0.924. The largest absolute Gasteiger partial charge is 0.481 e. The van der Waals surface area contributed by atoms with Crippen LogP contribution in [0.25, 0.3) is 11.1 Å². The third-order valence-electron chi connectivity index (χ3n) is 6.85. The van der Waals surface area contributed by atoms with E-state index < -0.39 is 23.4 Å². The molecular formula is C26H30N2O5. The first-order chi connectivity index (χ1) is 15.8. The van der Waals surface area contributed by atoms with Crippen LogP contribution in [0.1, 0.15) is 43.7 Å². The number of alkyl carbamates (subject to hydrolysis) is 1. The van der Waals surface area contributed by atoms with E-state index in [0.29, 0.717) is 12.8 Å². The first kappa shape index (κ1) is 22.8. The van der Waals surface area contributed by atoms with Gasteiger partial charge in [-0.25, -0.2) is 4.79 Å². The Hall–Kier alpha value is -3.35. The van der Waals surface area contributed by atoms with Crippen molar-refractivity contribution in [2.24, 2.45) is 17.3 Å². The molecule has 1 fully saturated rings. The van der Waals surface area contributed by atoms with Crippen LogP contribution in [0.3, 0.4) is 0 Å². The smallest absolute Gasteiger partial charge is 0.407 e. The third-order valence-corrected chi connectivity index (χ3v) is 6.85. The van der Waals surface area contributed by atoms with Gasteiger partial charge in [-0.05, 0) is 41.0 Å². The number of carbonyl (C=O) groups excluding carboxylic acids is 2. The number of hydrogen-bond acceptors (Lipinski definition) is 4. The van der Waals surface area contributed by atoms with Gasteiger partial charge in [-0.1, -0.05) is 62.4 Å². The van der Waals surface area contributed by atoms with Gasteiger partial charge in [0.05, 0.1) is 11.3 Å². The molecule has 0 aliphatic heterocycles. The average molecular weight is 451 g/mol. The lowest BCUT2D eigenvalue weighted by Gasteiger charge is -2.20. The van der Waals surface area contributed by atoms with Crippen molar-refractivity contribution >= 4 is 18.0 Å². The Balaban J connectivity index is 1.30. The zero-order chi connectivity index (χ0) is 23.6. The first-order valence-corrected chi connectivity index (χ1v) is 11.4. The molecule has 33 heavy (non-hydrogen) atoms. The van der Waals surface area contributed by atoms with Gasteiger partial charge >= 0.3 is 12.1 Å². The summed E-state index contributed by atoms with van der Waals surface area (Å²) in [5.41, 5.74) is 3.94. The van der Waals surface area contributed by atoms with Crippen molar-refractivity contribution in [2.75, 3.05) is 19.7 Å². The van der Waals surface area contributed by atoms with Crippen LogP contribution in [-0.2, 0) is 14.3 Å². The fourth-order valence-corrected chi connectivity index (χ4v) is 4.52. The summed E-state index contributed by atoms with van der Waals surface area (Å²) < 4.78 is 5.54. The van der Waals surface area contributed by atoms with Crippen LogP contribution in [0.15, 0.2) is 48.5 Å². The quantitative estimate of drug-likeness (QED) is 0.539. The van der Waals surface area contributed by atoms with E-state index in [-0.39, 0.29) is 37.4 Å². The van der Waals surface area contributed by atoms with Gasteiger partial charge in [-0.3, -0.25) is 9.59 Å². The highest BCUT2D eigenvalue weighted by atomic mass is 16.5. The zero-order valence-corrected chi connectivity index (χ0v) is 19.0. The summed E-state index contributed by atoms with van der Waals surface area (Å²) in [6.07, 6.45) is 0.755. The predicted octanol–water partition coefficient (Wildman–Crippen LogP) is 3.78. The van der Waals surface area contributed by atoms with Gasteiger partial charge in [-0.15, -0.1) is 0 Å². The molecule has 2 aliphatic carbocycles. The van der Waals surface area contributed by atoms with Crippen molar-refractivity contribution in [1.82, 2.24) is 10.6 Å². The molecule has 1 unspecified atom stereocenters. The van der Waals surface area contributed by atoms with Crippen LogP contribution in [0, 0.1) is 17.3 Å². The summed E-state index contributed by atoms with van der Waals surface area (Å²) in [6.45, 7) is 4.11. The molecule has 0 radical (unpaired) electrons. The van der Waals surface area contributed by atoms with Gasteiger partial charge in [0.15, 0.2) is 0 Å². The van der Waals surface area contributed by atoms with Crippen molar-refractivity contribution < 1.29 is 24.2 Å². The number of aliphatic carboxylic acids is 1. The highest BCUT2D eigenvalue weighted by Gasteiger charge is 2.50. The van der Waals surface area contributed by atoms with Crippen LogP contribution in [0.5, 0.6) is 0 Å². The summed E-state index contributed by atoms with van der Waals surface area (Å²) in [4.78, 5) is 36.4. The number of benzene rings is 2. The molecule has 2 amide bonds. The van der Waals surface area contributed by atoms with E-state index in [1.807, 2.05) is 38.1 Å². The standard InChI is InChI=1S/C26H30N2O5/c1-16(2)21(23(29)30)13-27-24(31)26(11-12-26)15-28-25(32)33-14-22-19-9-5-3-7-17(19)18-8-4-6-10-20(18)22/h3-10,16,21-22H,11-15H2,1-2H3,(H,27,31)(H,28,32)(H,29,30). The van der Waals surface area contributed by atoms with Crippen LogP contribution in [0.4, 0.5) is 4.79 Å². The summed E-state index contributed by atoms with van der Waals surface area (Å²) in [5.74, 6) is -1.89. The number of rotatable bonds is 9. The van der Waals surface area contributed by atoms with E-state index in [0.717, 1.165) is 22.3 Å². The number of nitrogens with one attached hydrogen (secondary N) is 2. The van der Waals surface area contributed by atoms with Crippen LogP contribution in [-0.4, -0.2) is 42.8 Å². The number of carboxylic acid groups (broad SMARTS) is 1. The molecule has 0 aromatic heterocycles. The van der Waals surface area contributed by atoms with E-state index >= 15 is 0 Å². The van der Waals surface area contributed by atoms with Crippen molar-refractivity contribution in [2.45, 2.75) is 32.6 Å². The molecule has 0 bridgehead atoms. The molecule has 0 spiro atoms. The Bertz CT molecular complexity index is 1010. The lowest BCUT2D eigenvalue weighted by molar-refractivity contribution is -0.143. The van der Waals surface area contributed by atoms with E-state index in [9.17, 15) is 19.5 Å². The molecule has 7 nitrogen and oxygen atoms in total. The molecule has 1 saturated carbocycles. The Morgan fingerprint density at radius 3 is 2.09 bits per heavy atom. The summed E-state index contributed by atoms with van der Waals surface area (Å²) in [6, 6.07) is 16.3. The third kappa shape index (κ3) is 4.72. The van der Waals surface area contributed by atoms with E-state index in [1.54, 1.807) is 0 Å². The molecular weight excluding hydrogens is 420 g/mol. The molecule has 2 aliphatic rings. The molecule has 2 aromatic carbocycles. The highest BCUT2D eigenvalue weighted by Crippen LogP contribution is 2.46. The van der Waals surface area contributed by atoms with Gasteiger partial charge in [0.1, 0.15) is 6.61 Å². The van der Waals surface area contributed by atoms with Crippen LogP contribution >= 0.6 is 0 Å². The minimum absolute atomic E-state index is 0.0229. The molecule has 2 aromatic rings. The molecule has 3 N–H and O–H groups in total.